The van der Waals surface area contributed by atoms with Gasteiger partial charge in [-0.15, -0.1) is 0 Å². The van der Waals surface area contributed by atoms with Gasteiger partial charge in [-0.1, -0.05) is 0 Å². The molecule has 0 radical (unpaired) electrons. The molecule has 1 aromatic rings. The minimum atomic E-state index is -1.28. The number of epoxide rings is 2. The topological polar surface area (TPSA) is 144 Å². The van der Waals surface area contributed by atoms with Crippen LogP contribution in [-0.2, 0) is 35.6 Å². The number of fused-ring (bicyclic) bond motifs is 2. The Hall–Kier alpha value is -2.73. The smallest absolute Gasteiger partial charge is 0.337 e. The first kappa shape index (κ1) is 24.9. The standard InChI is InChI=1S/C24H33N3O9/c1-12(20(28)33-10-14-4-6-16-18(8-14)35-16)26-22(30)25(3)23(31)27(24(26)32)13(2)21(29)34-11-15-5-7-17-19(9-15)36-17/h12-19H,4-11H2,1-3H3. The molecule has 5 rings (SSSR count). The van der Waals surface area contributed by atoms with E-state index in [1.807, 2.05) is 0 Å². The lowest BCUT2D eigenvalue weighted by Gasteiger charge is -2.22. The van der Waals surface area contributed by atoms with E-state index in [9.17, 15) is 24.0 Å². The van der Waals surface area contributed by atoms with Crippen LogP contribution in [0.5, 0.6) is 0 Å². The zero-order chi connectivity index (χ0) is 25.7. The van der Waals surface area contributed by atoms with E-state index in [0.717, 1.165) is 38.5 Å². The van der Waals surface area contributed by atoms with Crippen molar-refractivity contribution < 1.29 is 28.5 Å². The highest BCUT2D eigenvalue weighted by atomic mass is 16.6. The van der Waals surface area contributed by atoms with Gasteiger partial charge in [0.2, 0.25) is 0 Å². The zero-order valence-corrected chi connectivity index (χ0v) is 20.8. The molecule has 2 saturated heterocycles. The number of nitrogens with zero attached hydrogens (tertiary/aromatic N) is 3. The second kappa shape index (κ2) is 9.62. The van der Waals surface area contributed by atoms with Gasteiger partial charge in [0.1, 0.15) is 12.1 Å². The van der Waals surface area contributed by atoms with Crippen LogP contribution in [-0.4, -0.2) is 63.3 Å². The molecule has 0 spiro atoms. The van der Waals surface area contributed by atoms with Crippen LogP contribution in [0.3, 0.4) is 0 Å². The summed E-state index contributed by atoms with van der Waals surface area (Å²) in [5, 5.41) is 0. The van der Waals surface area contributed by atoms with Crippen molar-refractivity contribution in [1.29, 1.82) is 0 Å². The molecule has 36 heavy (non-hydrogen) atoms. The summed E-state index contributed by atoms with van der Waals surface area (Å²) in [5.41, 5.74) is -2.98. The van der Waals surface area contributed by atoms with Gasteiger partial charge in [0.25, 0.3) is 0 Å². The molecule has 1 aromatic heterocycles. The molecule has 198 valence electrons. The lowest BCUT2D eigenvalue weighted by atomic mass is 9.90. The second-order valence-corrected chi connectivity index (χ2v) is 10.5. The fourth-order valence-corrected chi connectivity index (χ4v) is 5.48. The summed E-state index contributed by atoms with van der Waals surface area (Å²) in [6, 6.07) is -2.57. The molecule has 12 nitrogen and oxygen atoms in total. The molecule has 3 heterocycles. The Bertz CT molecular complexity index is 1130. The first-order valence-corrected chi connectivity index (χ1v) is 12.7. The van der Waals surface area contributed by atoms with E-state index >= 15 is 0 Å². The van der Waals surface area contributed by atoms with Gasteiger partial charge in [-0.25, -0.2) is 37.7 Å². The molecule has 2 saturated carbocycles. The highest BCUT2D eigenvalue weighted by molar-refractivity contribution is 5.74. The molecule has 4 aliphatic rings. The maximum absolute atomic E-state index is 13.2. The Morgan fingerprint density at radius 3 is 1.56 bits per heavy atom. The lowest BCUT2D eigenvalue weighted by Crippen LogP contribution is -2.57. The maximum atomic E-state index is 13.2. The van der Waals surface area contributed by atoms with Gasteiger partial charge in [-0.3, -0.25) is 0 Å². The van der Waals surface area contributed by atoms with Crippen molar-refractivity contribution in [3.05, 3.63) is 31.5 Å². The molecular weight excluding hydrogens is 474 g/mol. The summed E-state index contributed by atoms with van der Waals surface area (Å²) in [4.78, 5) is 64.3. The average Bonchev–Trinajstić information content (AvgIpc) is 3.78. The van der Waals surface area contributed by atoms with E-state index < -0.39 is 41.1 Å². The van der Waals surface area contributed by atoms with E-state index in [1.165, 1.54) is 20.9 Å². The highest BCUT2D eigenvalue weighted by Crippen LogP contribution is 2.40. The molecular formula is C24H33N3O9. The summed E-state index contributed by atoms with van der Waals surface area (Å²) in [7, 11) is 1.19. The minimum absolute atomic E-state index is 0.162. The molecule has 12 heteroatoms. The van der Waals surface area contributed by atoms with E-state index in [0.29, 0.717) is 25.9 Å². The van der Waals surface area contributed by atoms with Crippen molar-refractivity contribution in [3.63, 3.8) is 0 Å². The van der Waals surface area contributed by atoms with Gasteiger partial charge in [-0.2, -0.15) is 0 Å². The summed E-state index contributed by atoms with van der Waals surface area (Å²) >= 11 is 0. The van der Waals surface area contributed by atoms with Crippen molar-refractivity contribution in [2.45, 2.75) is 88.9 Å². The van der Waals surface area contributed by atoms with Crippen molar-refractivity contribution in [3.8, 4) is 0 Å². The van der Waals surface area contributed by atoms with Crippen LogP contribution in [0.15, 0.2) is 14.4 Å². The highest BCUT2D eigenvalue weighted by Gasteiger charge is 2.45. The third-order valence-corrected chi connectivity index (χ3v) is 8.00. The minimum Gasteiger partial charge on any atom is -0.464 e. The largest absolute Gasteiger partial charge is 0.464 e. The molecule has 4 fully saturated rings. The number of esters is 2. The van der Waals surface area contributed by atoms with Gasteiger partial charge in [-0.05, 0) is 64.2 Å². The third-order valence-electron chi connectivity index (χ3n) is 8.00. The van der Waals surface area contributed by atoms with Crippen LogP contribution < -0.4 is 17.1 Å². The Morgan fingerprint density at radius 2 is 1.17 bits per heavy atom. The molecule has 0 amide bonds. The number of aromatic nitrogens is 3. The number of ether oxygens (including phenoxy) is 4. The van der Waals surface area contributed by atoms with E-state index in [4.69, 9.17) is 18.9 Å². The summed E-state index contributed by atoms with van der Waals surface area (Å²) in [6.07, 6.45) is 6.36. The summed E-state index contributed by atoms with van der Waals surface area (Å²) < 4.78 is 23.8. The zero-order valence-electron chi connectivity index (χ0n) is 20.8. The summed E-state index contributed by atoms with van der Waals surface area (Å²) in [6.45, 7) is 3.06. The van der Waals surface area contributed by atoms with Crippen molar-refractivity contribution >= 4 is 11.9 Å². The predicted octanol–water partition coefficient (Wildman–Crippen LogP) is 0.0521. The maximum Gasteiger partial charge on any atom is 0.337 e. The first-order chi connectivity index (χ1) is 17.2. The van der Waals surface area contributed by atoms with Crippen LogP contribution in [0.2, 0.25) is 0 Å². The van der Waals surface area contributed by atoms with E-state index in [-0.39, 0.29) is 37.3 Å². The van der Waals surface area contributed by atoms with E-state index in [2.05, 4.69) is 0 Å². The van der Waals surface area contributed by atoms with E-state index in [1.54, 1.807) is 0 Å². The number of carbonyl (C=O) groups is 2. The molecule has 2 aliphatic carbocycles. The average molecular weight is 508 g/mol. The molecule has 0 N–H and O–H groups in total. The van der Waals surface area contributed by atoms with Gasteiger partial charge in [0.15, 0.2) is 0 Å². The molecule has 8 atom stereocenters. The van der Waals surface area contributed by atoms with Crippen LogP contribution in [0.25, 0.3) is 0 Å². The monoisotopic (exact) mass is 507 g/mol. The number of carbonyl (C=O) groups excluding carboxylic acids is 2. The normalized spacial score (nSPS) is 32.0. The van der Waals surface area contributed by atoms with Crippen LogP contribution in [0, 0.1) is 11.8 Å². The second-order valence-electron chi connectivity index (χ2n) is 10.5. The Balaban J connectivity index is 1.28. The van der Waals surface area contributed by atoms with Crippen molar-refractivity contribution in [2.75, 3.05) is 13.2 Å². The van der Waals surface area contributed by atoms with Gasteiger partial charge in [0.05, 0.1) is 37.6 Å². The number of hydrogen-bond acceptors (Lipinski definition) is 9. The van der Waals surface area contributed by atoms with Crippen LogP contribution in [0.4, 0.5) is 0 Å². The molecule has 8 unspecified atom stereocenters. The quantitative estimate of drug-likeness (QED) is 0.352. The van der Waals surface area contributed by atoms with Gasteiger partial charge >= 0.3 is 29.0 Å². The lowest BCUT2D eigenvalue weighted by molar-refractivity contribution is -0.149. The van der Waals surface area contributed by atoms with Crippen LogP contribution >= 0.6 is 0 Å². The fraction of sp³-hybridized carbons (Fsp3) is 0.792. The summed E-state index contributed by atoms with van der Waals surface area (Å²) in [5.74, 6) is -1.19. The SMILES string of the molecule is CC(C(=O)OCC1CCC2OC2C1)n1c(=O)n(C)c(=O)n(C(C)C(=O)OCC2CCC3OC3C2)c1=O. The van der Waals surface area contributed by atoms with Crippen molar-refractivity contribution in [1.82, 2.24) is 13.7 Å². The Labute approximate surface area is 207 Å². The first-order valence-electron chi connectivity index (χ1n) is 12.7. The number of rotatable bonds is 8. The Morgan fingerprint density at radius 1 is 0.750 bits per heavy atom. The van der Waals surface area contributed by atoms with Crippen molar-refractivity contribution in [2.24, 2.45) is 18.9 Å². The van der Waals surface area contributed by atoms with Gasteiger partial charge < -0.3 is 18.9 Å². The predicted molar refractivity (Wildman–Crippen MR) is 124 cm³/mol. The molecule has 2 aliphatic heterocycles. The fourth-order valence-electron chi connectivity index (χ4n) is 5.48. The molecule has 0 bridgehead atoms. The third kappa shape index (κ3) is 4.80. The van der Waals surface area contributed by atoms with Crippen LogP contribution in [0.1, 0.15) is 64.5 Å². The number of hydrogen-bond donors (Lipinski definition) is 0. The molecule has 0 aromatic carbocycles. The van der Waals surface area contributed by atoms with Gasteiger partial charge in [0, 0.05) is 7.05 Å². The Kier molecular flexibility index (Phi) is 6.67.